The van der Waals surface area contributed by atoms with Gasteiger partial charge in [-0.25, -0.2) is 4.98 Å². The summed E-state index contributed by atoms with van der Waals surface area (Å²) in [5.41, 5.74) is 1.14. The van der Waals surface area contributed by atoms with Crippen LogP contribution >= 0.6 is 24.0 Å². The molecular formula is C11H13NOS2. The molecule has 0 radical (unpaired) electrons. The van der Waals surface area contributed by atoms with Crippen LogP contribution in [0.1, 0.15) is 30.3 Å². The number of thiol groups is 1. The Bertz CT molecular complexity index is 431. The van der Waals surface area contributed by atoms with E-state index in [9.17, 15) is 0 Å². The Morgan fingerprint density at radius 1 is 1.53 bits per heavy atom. The van der Waals surface area contributed by atoms with Crippen molar-refractivity contribution in [1.29, 1.82) is 0 Å². The van der Waals surface area contributed by atoms with E-state index in [1.54, 1.807) is 17.6 Å². The molecule has 2 aromatic heterocycles. The van der Waals surface area contributed by atoms with Gasteiger partial charge in [-0.15, -0.1) is 11.3 Å². The van der Waals surface area contributed by atoms with Gasteiger partial charge in [0.1, 0.15) is 0 Å². The van der Waals surface area contributed by atoms with Crippen LogP contribution in [0, 0.1) is 0 Å². The Balaban J connectivity index is 2.43. The Morgan fingerprint density at radius 3 is 2.80 bits per heavy atom. The van der Waals surface area contributed by atoms with Crippen LogP contribution in [0.5, 0.6) is 0 Å². The van der Waals surface area contributed by atoms with Crippen LogP contribution < -0.4 is 0 Å². The highest BCUT2D eigenvalue weighted by Crippen LogP contribution is 2.32. The number of aromatic nitrogens is 1. The van der Waals surface area contributed by atoms with E-state index in [-0.39, 0.29) is 0 Å². The summed E-state index contributed by atoms with van der Waals surface area (Å²) in [4.78, 5) is 5.83. The summed E-state index contributed by atoms with van der Waals surface area (Å²) in [6.07, 6.45) is 1.67. The van der Waals surface area contributed by atoms with Gasteiger partial charge in [0.05, 0.1) is 12.0 Å². The molecule has 0 aliphatic heterocycles. The molecule has 0 atom stereocenters. The first-order valence-corrected chi connectivity index (χ1v) is 6.31. The standard InChI is InChI=1S/C11H13NOS2/c1-7(2)10-9(6-14)15-11(12-10)8-4-3-5-13-8/h3-5,7,14H,6H2,1-2H3. The summed E-state index contributed by atoms with van der Waals surface area (Å²) >= 11 is 5.99. The lowest BCUT2D eigenvalue weighted by Gasteiger charge is -2.01. The SMILES string of the molecule is CC(C)c1nc(-c2ccco2)sc1CS. The van der Waals surface area contributed by atoms with Crippen LogP contribution in [0.3, 0.4) is 0 Å². The smallest absolute Gasteiger partial charge is 0.162 e. The molecule has 2 nitrogen and oxygen atoms in total. The first-order valence-electron chi connectivity index (χ1n) is 4.86. The second-order valence-corrected chi connectivity index (χ2v) is 5.02. The highest BCUT2D eigenvalue weighted by Gasteiger charge is 2.15. The van der Waals surface area contributed by atoms with E-state index < -0.39 is 0 Å². The van der Waals surface area contributed by atoms with Crippen molar-refractivity contribution in [3.63, 3.8) is 0 Å². The third-order valence-electron chi connectivity index (χ3n) is 2.15. The van der Waals surface area contributed by atoms with Crippen molar-refractivity contribution in [2.24, 2.45) is 0 Å². The molecule has 80 valence electrons. The Morgan fingerprint density at radius 2 is 2.33 bits per heavy atom. The average Bonchev–Trinajstić information content (AvgIpc) is 2.86. The fourth-order valence-electron chi connectivity index (χ4n) is 1.43. The number of hydrogen-bond donors (Lipinski definition) is 1. The molecule has 0 spiro atoms. The predicted molar refractivity (Wildman–Crippen MR) is 66.6 cm³/mol. The Kier molecular flexibility index (Phi) is 3.17. The minimum Gasteiger partial charge on any atom is -0.462 e. The second-order valence-electron chi connectivity index (χ2n) is 3.62. The molecule has 2 aromatic rings. The fraction of sp³-hybridized carbons (Fsp3) is 0.364. The van der Waals surface area contributed by atoms with Crippen LogP contribution in [0.25, 0.3) is 10.8 Å². The summed E-state index contributed by atoms with van der Waals surface area (Å²) in [5.74, 6) is 2.02. The van der Waals surface area contributed by atoms with Gasteiger partial charge in [0.2, 0.25) is 0 Å². The molecule has 2 rings (SSSR count). The summed E-state index contributed by atoms with van der Waals surface area (Å²) < 4.78 is 5.34. The Labute approximate surface area is 98.8 Å². The third-order valence-corrected chi connectivity index (χ3v) is 3.77. The molecule has 2 heterocycles. The van der Waals surface area contributed by atoms with Crippen molar-refractivity contribution in [1.82, 2.24) is 4.98 Å². The van der Waals surface area contributed by atoms with Crippen molar-refractivity contribution in [2.45, 2.75) is 25.5 Å². The lowest BCUT2D eigenvalue weighted by atomic mass is 10.1. The zero-order valence-corrected chi connectivity index (χ0v) is 10.4. The minimum atomic E-state index is 0.437. The zero-order valence-electron chi connectivity index (χ0n) is 8.73. The topological polar surface area (TPSA) is 26.0 Å². The number of thiazole rings is 1. The number of furan rings is 1. The van der Waals surface area contributed by atoms with Gasteiger partial charge in [-0.2, -0.15) is 12.6 Å². The normalized spacial score (nSPS) is 11.2. The van der Waals surface area contributed by atoms with Gasteiger partial charge < -0.3 is 4.42 Å². The van der Waals surface area contributed by atoms with Gasteiger partial charge in [-0.05, 0) is 18.1 Å². The number of rotatable bonds is 3. The molecule has 0 amide bonds. The van der Waals surface area contributed by atoms with Crippen molar-refractivity contribution in [3.05, 3.63) is 29.0 Å². The second kappa shape index (κ2) is 4.41. The fourth-order valence-corrected chi connectivity index (χ4v) is 2.83. The van der Waals surface area contributed by atoms with Crippen LogP contribution in [0.4, 0.5) is 0 Å². The molecule has 0 fully saturated rings. The summed E-state index contributed by atoms with van der Waals surface area (Å²) in [5, 5.41) is 0.952. The lowest BCUT2D eigenvalue weighted by Crippen LogP contribution is -1.91. The van der Waals surface area contributed by atoms with Crippen molar-refractivity contribution >= 4 is 24.0 Å². The van der Waals surface area contributed by atoms with Crippen LogP contribution in [-0.2, 0) is 5.75 Å². The molecule has 0 aliphatic carbocycles. The van der Waals surface area contributed by atoms with E-state index in [1.165, 1.54) is 4.88 Å². The summed E-state index contributed by atoms with van der Waals surface area (Å²) in [7, 11) is 0. The first-order chi connectivity index (χ1) is 7.22. The van der Waals surface area contributed by atoms with Gasteiger partial charge in [0, 0.05) is 10.6 Å². The third kappa shape index (κ3) is 2.11. The van der Waals surface area contributed by atoms with E-state index in [1.807, 2.05) is 12.1 Å². The van der Waals surface area contributed by atoms with Crippen molar-refractivity contribution in [2.75, 3.05) is 0 Å². The molecule has 0 bridgehead atoms. The van der Waals surface area contributed by atoms with Gasteiger partial charge in [-0.1, -0.05) is 13.8 Å². The minimum absolute atomic E-state index is 0.437. The van der Waals surface area contributed by atoms with Gasteiger partial charge in [-0.3, -0.25) is 0 Å². The van der Waals surface area contributed by atoms with Gasteiger partial charge in [0.15, 0.2) is 10.8 Å². The highest BCUT2D eigenvalue weighted by molar-refractivity contribution is 7.79. The van der Waals surface area contributed by atoms with E-state index >= 15 is 0 Å². The van der Waals surface area contributed by atoms with Crippen molar-refractivity contribution < 1.29 is 4.42 Å². The highest BCUT2D eigenvalue weighted by atomic mass is 32.1. The molecule has 0 saturated heterocycles. The van der Waals surface area contributed by atoms with E-state index in [0.29, 0.717) is 5.92 Å². The molecule has 0 unspecified atom stereocenters. The quantitative estimate of drug-likeness (QED) is 0.821. The number of hydrogen-bond acceptors (Lipinski definition) is 4. The number of nitrogens with zero attached hydrogens (tertiary/aromatic N) is 1. The molecule has 0 N–H and O–H groups in total. The van der Waals surface area contributed by atoms with E-state index in [0.717, 1.165) is 22.2 Å². The molecular weight excluding hydrogens is 226 g/mol. The van der Waals surface area contributed by atoms with Crippen LogP contribution in [0.2, 0.25) is 0 Å². The monoisotopic (exact) mass is 239 g/mol. The van der Waals surface area contributed by atoms with Crippen molar-refractivity contribution in [3.8, 4) is 10.8 Å². The lowest BCUT2D eigenvalue weighted by molar-refractivity contribution is 0.581. The molecule has 0 aromatic carbocycles. The van der Waals surface area contributed by atoms with Crippen LogP contribution in [0.15, 0.2) is 22.8 Å². The largest absolute Gasteiger partial charge is 0.462 e. The first kappa shape index (κ1) is 10.8. The van der Waals surface area contributed by atoms with Gasteiger partial charge in [0.25, 0.3) is 0 Å². The summed E-state index contributed by atoms with van der Waals surface area (Å²) in [6.45, 7) is 4.29. The summed E-state index contributed by atoms with van der Waals surface area (Å²) in [6, 6.07) is 3.82. The molecule has 0 saturated carbocycles. The maximum Gasteiger partial charge on any atom is 0.162 e. The van der Waals surface area contributed by atoms with Gasteiger partial charge >= 0.3 is 0 Å². The zero-order chi connectivity index (χ0) is 10.8. The van der Waals surface area contributed by atoms with Crippen LogP contribution in [-0.4, -0.2) is 4.98 Å². The Hall–Kier alpha value is -0.740. The molecule has 0 aliphatic rings. The maximum atomic E-state index is 5.34. The average molecular weight is 239 g/mol. The predicted octanol–water partition coefficient (Wildman–Crippen LogP) is 3.96. The molecule has 15 heavy (non-hydrogen) atoms. The van der Waals surface area contributed by atoms with E-state index in [2.05, 4.69) is 31.5 Å². The molecule has 4 heteroatoms. The maximum absolute atomic E-state index is 5.34. The van der Waals surface area contributed by atoms with E-state index in [4.69, 9.17) is 4.42 Å².